The Hall–Kier alpha value is -1.83. The number of nitrogens with zero attached hydrogens (tertiary/aromatic N) is 4. The Morgan fingerprint density at radius 3 is 2.42 bits per heavy atom. The van der Waals surface area contributed by atoms with Crippen LogP contribution >= 0.6 is 0 Å². The number of hydrogen-bond donors (Lipinski definition) is 0. The maximum atomic E-state index is 12.6. The van der Waals surface area contributed by atoms with E-state index in [0.717, 1.165) is 57.8 Å². The summed E-state index contributed by atoms with van der Waals surface area (Å²) < 4.78 is 26.6. The Bertz CT molecular complexity index is 726. The molecule has 1 amide bonds. The van der Waals surface area contributed by atoms with Gasteiger partial charge in [0.25, 0.3) is 12.0 Å². The summed E-state index contributed by atoms with van der Waals surface area (Å²) in [5, 5.41) is 0. The molecule has 1 aliphatic carbocycles. The number of likely N-dealkylation sites (tertiary alicyclic amines) is 2. The second-order valence-corrected chi connectivity index (χ2v) is 7.65. The largest absolute Gasteiger partial charge is 0.338 e. The van der Waals surface area contributed by atoms with Gasteiger partial charge in [-0.2, -0.15) is 0 Å². The van der Waals surface area contributed by atoms with E-state index in [1.54, 1.807) is 0 Å². The van der Waals surface area contributed by atoms with Gasteiger partial charge in [-0.1, -0.05) is 0 Å². The molecule has 4 rings (SSSR count). The third-order valence-electron chi connectivity index (χ3n) is 5.87. The Kier molecular flexibility index (Phi) is 4.77. The van der Waals surface area contributed by atoms with Gasteiger partial charge < -0.3 is 4.90 Å². The standard InChI is InChI=1S/C18H24F2N4O2/c19-17(20)14-9-16(25)23(11-21-14)10-12-3-6-22(7-4-12)15-5-8-24(18(15)26)13-1-2-13/h9,11-13,15,17H,1-8,10H2. The molecule has 0 spiro atoms. The van der Waals surface area contributed by atoms with Crippen molar-refractivity contribution in [3.63, 3.8) is 0 Å². The molecule has 2 saturated heterocycles. The molecule has 1 aromatic heterocycles. The highest BCUT2D eigenvalue weighted by Gasteiger charge is 2.43. The summed E-state index contributed by atoms with van der Waals surface area (Å²) in [4.78, 5) is 32.5. The predicted molar refractivity (Wildman–Crippen MR) is 90.9 cm³/mol. The average molecular weight is 366 g/mol. The van der Waals surface area contributed by atoms with Crippen LogP contribution in [0.3, 0.4) is 0 Å². The number of halogens is 2. The molecule has 3 fully saturated rings. The van der Waals surface area contributed by atoms with Crippen molar-refractivity contribution in [3.05, 3.63) is 28.4 Å². The van der Waals surface area contributed by atoms with Crippen LogP contribution in [0.25, 0.3) is 0 Å². The fourth-order valence-corrected chi connectivity index (χ4v) is 4.20. The quantitative estimate of drug-likeness (QED) is 0.795. The summed E-state index contributed by atoms with van der Waals surface area (Å²) in [5.41, 5.74) is -0.898. The number of aromatic nitrogens is 2. The van der Waals surface area contributed by atoms with Crippen molar-refractivity contribution in [2.75, 3.05) is 19.6 Å². The maximum Gasteiger partial charge on any atom is 0.280 e. The maximum absolute atomic E-state index is 12.6. The molecule has 1 unspecified atom stereocenters. The van der Waals surface area contributed by atoms with Gasteiger partial charge in [-0.15, -0.1) is 0 Å². The van der Waals surface area contributed by atoms with E-state index in [0.29, 0.717) is 18.5 Å². The van der Waals surface area contributed by atoms with Crippen LogP contribution in [0, 0.1) is 5.92 Å². The molecule has 0 radical (unpaired) electrons. The fraction of sp³-hybridized carbons (Fsp3) is 0.722. The average Bonchev–Trinajstić information content (AvgIpc) is 3.40. The zero-order valence-corrected chi connectivity index (χ0v) is 14.7. The molecule has 0 bridgehead atoms. The van der Waals surface area contributed by atoms with Crippen LogP contribution < -0.4 is 5.56 Å². The molecule has 8 heteroatoms. The van der Waals surface area contributed by atoms with Gasteiger partial charge in [0.1, 0.15) is 5.69 Å². The third kappa shape index (κ3) is 3.51. The predicted octanol–water partition coefficient (Wildman–Crippen LogP) is 1.66. The molecule has 142 valence electrons. The summed E-state index contributed by atoms with van der Waals surface area (Å²) >= 11 is 0. The molecule has 6 nitrogen and oxygen atoms in total. The van der Waals surface area contributed by atoms with Gasteiger partial charge in [0, 0.05) is 25.2 Å². The molecule has 1 aromatic rings. The van der Waals surface area contributed by atoms with E-state index in [1.807, 2.05) is 4.90 Å². The van der Waals surface area contributed by atoms with Crippen LogP contribution in [0.5, 0.6) is 0 Å². The summed E-state index contributed by atoms with van der Waals surface area (Å²) in [5.74, 6) is 0.591. The molecule has 3 aliphatic rings. The molecular weight excluding hydrogens is 342 g/mol. The van der Waals surface area contributed by atoms with Crippen molar-refractivity contribution in [2.24, 2.45) is 5.92 Å². The number of rotatable bonds is 5. The van der Waals surface area contributed by atoms with E-state index < -0.39 is 17.7 Å². The first-order valence-electron chi connectivity index (χ1n) is 9.42. The van der Waals surface area contributed by atoms with Gasteiger partial charge in [-0.3, -0.25) is 19.1 Å². The van der Waals surface area contributed by atoms with Crippen LogP contribution in [0.4, 0.5) is 8.78 Å². The van der Waals surface area contributed by atoms with Crippen molar-refractivity contribution in [1.29, 1.82) is 0 Å². The molecule has 1 atom stereocenters. The number of amides is 1. The van der Waals surface area contributed by atoms with Gasteiger partial charge in [0.15, 0.2) is 0 Å². The van der Waals surface area contributed by atoms with Crippen LogP contribution in [0.1, 0.15) is 44.2 Å². The fourth-order valence-electron chi connectivity index (χ4n) is 4.20. The minimum absolute atomic E-state index is 0.0197. The van der Waals surface area contributed by atoms with Crippen LogP contribution in [0.15, 0.2) is 17.2 Å². The molecule has 0 aromatic carbocycles. The molecule has 0 N–H and O–H groups in total. The lowest BCUT2D eigenvalue weighted by molar-refractivity contribution is -0.133. The number of hydrogen-bond acceptors (Lipinski definition) is 4. The summed E-state index contributed by atoms with van der Waals surface area (Å²) in [6, 6.07) is 1.43. The number of carbonyl (C=O) groups excluding carboxylic acids is 1. The summed E-state index contributed by atoms with van der Waals surface area (Å²) in [6.07, 6.45) is 3.51. The Balaban J connectivity index is 1.31. The smallest absolute Gasteiger partial charge is 0.280 e. The first kappa shape index (κ1) is 17.6. The van der Waals surface area contributed by atoms with Gasteiger partial charge >= 0.3 is 0 Å². The Labute approximate surface area is 150 Å². The molecular formula is C18H24F2N4O2. The van der Waals surface area contributed by atoms with Gasteiger partial charge in [0.2, 0.25) is 5.91 Å². The van der Waals surface area contributed by atoms with E-state index in [9.17, 15) is 18.4 Å². The zero-order chi connectivity index (χ0) is 18.3. The minimum Gasteiger partial charge on any atom is -0.338 e. The first-order valence-corrected chi connectivity index (χ1v) is 9.42. The lowest BCUT2D eigenvalue weighted by Crippen LogP contribution is -2.46. The van der Waals surface area contributed by atoms with Gasteiger partial charge in [0.05, 0.1) is 12.4 Å². The van der Waals surface area contributed by atoms with Crippen LogP contribution in [-0.4, -0.2) is 57.0 Å². The van der Waals surface area contributed by atoms with E-state index in [4.69, 9.17) is 0 Å². The third-order valence-corrected chi connectivity index (χ3v) is 5.87. The van der Waals surface area contributed by atoms with Crippen molar-refractivity contribution < 1.29 is 13.6 Å². The van der Waals surface area contributed by atoms with Crippen LogP contribution in [0.2, 0.25) is 0 Å². The second kappa shape index (κ2) is 7.06. The van der Waals surface area contributed by atoms with E-state index in [1.165, 1.54) is 10.9 Å². The monoisotopic (exact) mass is 366 g/mol. The number of alkyl halides is 2. The lowest BCUT2D eigenvalue weighted by Gasteiger charge is -2.35. The Morgan fingerprint density at radius 2 is 1.81 bits per heavy atom. The van der Waals surface area contributed by atoms with Crippen molar-refractivity contribution >= 4 is 5.91 Å². The summed E-state index contributed by atoms with van der Waals surface area (Å²) in [7, 11) is 0. The van der Waals surface area contributed by atoms with Crippen molar-refractivity contribution in [1.82, 2.24) is 19.4 Å². The van der Waals surface area contributed by atoms with Gasteiger partial charge in [-0.05, 0) is 51.1 Å². The van der Waals surface area contributed by atoms with E-state index in [2.05, 4.69) is 9.88 Å². The van der Waals surface area contributed by atoms with Crippen molar-refractivity contribution in [3.8, 4) is 0 Å². The van der Waals surface area contributed by atoms with Crippen molar-refractivity contribution in [2.45, 2.75) is 57.2 Å². The molecule has 2 aliphatic heterocycles. The molecule has 3 heterocycles. The lowest BCUT2D eigenvalue weighted by atomic mass is 9.95. The highest BCUT2D eigenvalue weighted by molar-refractivity contribution is 5.84. The van der Waals surface area contributed by atoms with E-state index >= 15 is 0 Å². The highest BCUT2D eigenvalue weighted by atomic mass is 19.3. The van der Waals surface area contributed by atoms with Gasteiger partial charge in [-0.25, -0.2) is 13.8 Å². The van der Waals surface area contributed by atoms with Crippen LogP contribution in [-0.2, 0) is 11.3 Å². The first-order chi connectivity index (χ1) is 12.5. The molecule has 26 heavy (non-hydrogen) atoms. The molecule has 1 saturated carbocycles. The number of piperidine rings is 1. The minimum atomic E-state index is -2.72. The SMILES string of the molecule is O=C1C(N2CCC(Cn3cnc(C(F)F)cc3=O)CC2)CCN1C1CC1. The number of carbonyl (C=O) groups is 1. The summed E-state index contributed by atoms with van der Waals surface area (Å²) in [6.45, 7) is 3.06. The highest BCUT2D eigenvalue weighted by Crippen LogP contribution is 2.33. The normalized spacial score (nSPS) is 25.4. The Morgan fingerprint density at radius 1 is 1.08 bits per heavy atom. The topological polar surface area (TPSA) is 58.4 Å². The second-order valence-electron chi connectivity index (χ2n) is 7.65. The van der Waals surface area contributed by atoms with E-state index in [-0.39, 0.29) is 11.9 Å². The zero-order valence-electron chi connectivity index (χ0n) is 14.7.